The second-order valence-electron chi connectivity index (χ2n) is 6.44. The van der Waals surface area contributed by atoms with Gasteiger partial charge in [-0.2, -0.15) is 0 Å². The number of amides is 2. The molecule has 0 aliphatic heterocycles. The van der Waals surface area contributed by atoms with Gasteiger partial charge < -0.3 is 15.4 Å². The van der Waals surface area contributed by atoms with Crippen molar-refractivity contribution in [1.29, 1.82) is 0 Å². The summed E-state index contributed by atoms with van der Waals surface area (Å²) in [6.45, 7) is 8.52. The number of nitrogens with one attached hydrogen (secondary N) is 3. The summed E-state index contributed by atoms with van der Waals surface area (Å²) in [5, 5.41) is 5.29. The van der Waals surface area contributed by atoms with E-state index in [2.05, 4.69) is 29.5 Å². The number of hydrogen-bond donors (Lipinski definition) is 3. The van der Waals surface area contributed by atoms with E-state index in [9.17, 15) is 9.59 Å². The van der Waals surface area contributed by atoms with Gasteiger partial charge in [-0.1, -0.05) is 65.2 Å². The van der Waals surface area contributed by atoms with E-state index in [1.807, 2.05) is 38.1 Å². The number of aromatic amines is 1. The maximum absolute atomic E-state index is 12.1. The molecule has 0 saturated heterocycles. The molecule has 1 aromatic carbocycles. The molecule has 0 aliphatic carbocycles. The Morgan fingerprint density at radius 2 is 1.67 bits per heavy atom. The highest BCUT2D eigenvalue weighted by Crippen LogP contribution is 2.23. The van der Waals surface area contributed by atoms with Crippen LogP contribution in [0.2, 0.25) is 0 Å². The van der Waals surface area contributed by atoms with Gasteiger partial charge in [-0.3, -0.25) is 9.78 Å². The lowest BCUT2D eigenvalue weighted by molar-refractivity contribution is 0.262. The van der Waals surface area contributed by atoms with Gasteiger partial charge in [0.25, 0.3) is 5.56 Å². The Bertz CT molecular complexity index is 767. The van der Waals surface area contributed by atoms with Crippen LogP contribution in [0.15, 0.2) is 41.2 Å². The molecular formula is C21H31N3O3. The maximum Gasteiger partial charge on any atom is 0.323 e. The molecule has 0 spiro atoms. The van der Waals surface area contributed by atoms with Crippen LogP contribution in [0.25, 0.3) is 0 Å². The summed E-state index contributed by atoms with van der Waals surface area (Å²) in [4.78, 5) is 26.3. The van der Waals surface area contributed by atoms with Gasteiger partial charge in [0.2, 0.25) is 0 Å². The van der Waals surface area contributed by atoms with Gasteiger partial charge >= 0.3 is 6.03 Å². The van der Waals surface area contributed by atoms with E-state index in [1.165, 1.54) is 32.4 Å². The Morgan fingerprint density at radius 1 is 1.04 bits per heavy atom. The van der Waals surface area contributed by atoms with Crippen molar-refractivity contribution < 1.29 is 9.53 Å². The van der Waals surface area contributed by atoms with Crippen molar-refractivity contribution in [3.63, 3.8) is 0 Å². The molecule has 0 saturated carbocycles. The molecule has 1 heterocycles. The molecule has 6 heteroatoms. The number of para-hydroxylation sites is 1. The minimum Gasteiger partial charge on any atom is -0.482 e. The van der Waals surface area contributed by atoms with E-state index in [1.54, 1.807) is 6.07 Å². The number of H-pyrrole nitrogens is 1. The molecule has 2 aromatic rings. The molecule has 27 heavy (non-hydrogen) atoms. The van der Waals surface area contributed by atoms with Crippen LogP contribution in [0.4, 0.5) is 16.2 Å². The highest BCUT2D eigenvalue weighted by atomic mass is 16.5. The normalized spacial score (nSPS) is 10.0. The second-order valence-corrected chi connectivity index (χ2v) is 6.44. The first-order chi connectivity index (χ1) is 12.9. The quantitative estimate of drug-likeness (QED) is 0.638. The van der Waals surface area contributed by atoms with E-state index in [-0.39, 0.29) is 11.6 Å². The highest BCUT2D eigenvalue weighted by molar-refractivity contribution is 6.00. The number of pyridine rings is 1. The van der Waals surface area contributed by atoms with Crippen molar-refractivity contribution in [1.82, 2.24) is 4.98 Å². The number of rotatable bonds is 6. The largest absolute Gasteiger partial charge is 0.482 e. The average molecular weight is 373 g/mol. The van der Waals surface area contributed by atoms with Crippen LogP contribution in [-0.2, 0) is 0 Å². The number of urea groups is 1. The third kappa shape index (κ3) is 7.56. The lowest BCUT2D eigenvalue weighted by atomic mass is 10.0. The minimum atomic E-state index is -0.469. The van der Waals surface area contributed by atoms with Gasteiger partial charge in [-0.05, 0) is 23.6 Å². The van der Waals surface area contributed by atoms with Gasteiger partial charge in [0.1, 0.15) is 5.69 Å². The van der Waals surface area contributed by atoms with Crippen LogP contribution in [0.5, 0.6) is 5.88 Å². The monoisotopic (exact) mass is 373 g/mol. The molecule has 6 nitrogen and oxygen atoms in total. The number of aromatic nitrogens is 1. The molecule has 148 valence electrons. The smallest absolute Gasteiger partial charge is 0.323 e. The number of methoxy groups -OCH3 is 1. The van der Waals surface area contributed by atoms with E-state index >= 15 is 0 Å². The van der Waals surface area contributed by atoms with Crippen molar-refractivity contribution in [2.24, 2.45) is 0 Å². The molecular weight excluding hydrogens is 342 g/mol. The predicted octanol–water partition coefficient (Wildman–Crippen LogP) is 5.35. The number of benzene rings is 1. The van der Waals surface area contributed by atoms with Crippen molar-refractivity contribution in [2.45, 2.75) is 52.9 Å². The SMILES string of the molecule is CCCCC.COc1ccc(NC(=O)Nc2ccccc2C(C)C)c(=O)[nH]1. The van der Waals surface area contributed by atoms with Gasteiger partial charge in [0.15, 0.2) is 5.88 Å². The third-order valence-electron chi connectivity index (χ3n) is 3.89. The Kier molecular flexibility index (Phi) is 9.72. The van der Waals surface area contributed by atoms with Crippen LogP contribution in [0, 0.1) is 0 Å². The number of anilines is 2. The van der Waals surface area contributed by atoms with Crippen molar-refractivity contribution in [2.75, 3.05) is 17.7 Å². The first-order valence-corrected chi connectivity index (χ1v) is 9.37. The van der Waals surface area contributed by atoms with Crippen LogP contribution >= 0.6 is 0 Å². The molecule has 3 N–H and O–H groups in total. The molecule has 2 rings (SSSR count). The van der Waals surface area contributed by atoms with Gasteiger partial charge in [0, 0.05) is 11.8 Å². The van der Waals surface area contributed by atoms with E-state index in [0.29, 0.717) is 5.88 Å². The average Bonchev–Trinajstić information content (AvgIpc) is 2.64. The molecule has 0 unspecified atom stereocenters. The first kappa shape index (κ1) is 22.3. The van der Waals surface area contributed by atoms with Crippen LogP contribution in [0.1, 0.15) is 58.4 Å². The summed E-state index contributed by atoms with van der Waals surface area (Å²) < 4.78 is 4.91. The summed E-state index contributed by atoms with van der Waals surface area (Å²) in [7, 11) is 1.45. The Hall–Kier alpha value is -2.76. The minimum absolute atomic E-state index is 0.153. The summed E-state index contributed by atoms with van der Waals surface area (Å²) in [5.74, 6) is 0.613. The second kappa shape index (κ2) is 11.8. The highest BCUT2D eigenvalue weighted by Gasteiger charge is 2.10. The van der Waals surface area contributed by atoms with Crippen LogP contribution in [-0.4, -0.2) is 18.1 Å². The Balaban J connectivity index is 0.000000646. The van der Waals surface area contributed by atoms with E-state index in [4.69, 9.17) is 4.74 Å². The zero-order valence-electron chi connectivity index (χ0n) is 16.9. The maximum atomic E-state index is 12.1. The lowest BCUT2D eigenvalue weighted by Gasteiger charge is -2.14. The lowest BCUT2D eigenvalue weighted by Crippen LogP contribution is -2.24. The Morgan fingerprint density at radius 3 is 2.19 bits per heavy atom. The zero-order chi connectivity index (χ0) is 20.2. The fourth-order valence-corrected chi connectivity index (χ4v) is 2.42. The van der Waals surface area contributed by atoms with Gasteiger partial charge in [-0.25, -0.2) is 4.79 Å². The zero-order valence-corrected chi connectivity index (χ0v) is 16.9. The Labute approximate surface area is 161 Å². The predicted molar refractivity (Wildman–Crippen MR) is 112 cm³/mol. The van der Waals surface area contributed by atoms with Crippen molar-refractivity contribution >= 4 is 17.4 Å². The van der Waals surface area contributed by atoms with Gasteiger partial charge in [-0.15, -0.1) is 0 Å². The molecule has 0 atom stereocenters. The molecule has 2 amide bonds. The van der Waals surface area contributed by atoms with Crippen LogP contribution < -0.4 is 20.9 Å². The van der Waals surface area contributed by atoms with Gasteiger partial charge in [0.05, 0.1) is 7.11 Å². The molecule has 1 aromatic heterocycles. The summed E-state index contributed by atoms with van der Waals surface area (Å²) in [6, 6.07) is 10.1. The summed E-state index contributed by atoms with van der Waals surface area (Å²) >= 11 is 0. The number of ether oxygens (including phenoxy) is 1. The summed E-state index contributed by atoms with van der Waals surface area (Å²) in [6.07, 6.45) is 4.08. The van der Waals surface area contributed by atoms with Crippen molar-refractivity contribution in [3.05, 3.63) is 52.3 Å². The molecule has 0 radical (unpaired) electrons. The molecule has 0 aliphatic rings. The van der Waals surface area contributed by atoms with Crippen molar-refractivity contribution in [3.8, 4) is 5.88 Å². The fraction of sp³-hybridized carbons (Fsp3) is 0.429. The number of carbonyl (C=O) groups is 1. The van der Waals surface area contributed by atoms with Crippen LogP contribution in [0.3, 0.4) is 0 Å². The third-order valence-corrected chi connectivity index (χ3v) is 3.89. The first-order valence-electron chi connectivity index (χ1n) is 9.37. The molecule has 0 bridgehead atoms. The topological polar surface area (TPSA) is 83.2 Å². The van der Waals surface area contributed by atoms with E-state index < -0.39 is 11.6 Å². The summed E-state index contributed by atoms with van der Waals surface area (Å²) in [5.41, 5.74) is 1.48. The van der Waals surface area contributed by atoms with E-state index in [0.717, 1.165) is 11.3 Å². The standard InChI is InChI=1S/C16H19N3O3.C5H12/c1-10(2)11-6-4-5-7-12(11)17-16(21)18-13-8-9-14(22-3)19-15(13)20;1-3-5-4-2/h4-10H,1-3H3,(H,19,20)(H2,17,18,21);3-5H2,1-2H3. The number of hydrogen-bond acceptors (Lipinski definition) is 3. The fourth-order valence-electron chi connectivity index (χ4n) is 2.42. The number of unbranched alkanes of at least 4 members (excludes halogenated alkanes) is 2. The number of carbonyl (C=O) groups excluding carboxylic acids is 1. The molecule has 0 fully saturated rings.